The number of hydrogen-bond acceptors (Lipinski definition) is 4. The third kappa shape index (κ3) is 3.73. The van der Waals surface area contributed by atoms with Gasteiger partial charge in [-0.15, -0.1) is 0 Å². The van der Waals surface area contributed by atoms with Crippen LogP contribution in [0.4, 0.5) is 11.4 Å². The van der Waals surface area contributed by atoms with E-state index in [0.29, 0.717) is 24.4 Å². The summed E-state index contributed by atoms with van der Waals surface area (Å²) in [6.07, 6.45) is 1.64. The van der Waals surface area contributed by atoms with E-state index in [1.54, 1.807) is 24.1 Å². The number of nitrogens with zero attached hydrogens (tertiary/aromatic N) is 2. The summed E-state index contributed by atoms with van der Waals surface area (Å²) in [5.41, 5.74) is 5.20. The van der Waals surface area contributed by atoms with Crippen molar-refractivity contribution in [1.82, 2.24) is 4.98 Å². The summed E-state index contributed by atoms with van der Waals surface area (Å²) < 4.78 is 5.48. The smallest absolute Gasteiger partial charge is 0.228 e. The molecular formula is C24H25N3O3. The van der Waals surface area contributed by atoms with Crippen molar-refractivity contribution >= 4 is 34.1 Å². The van der Waals surface area contributed by atoms with Gasteiger partial charge in [-0.05, 0) is 49.6 Å². The Kier molecular flexibility index (Phi) is 5.40. The monoisotopic (exact) mass is 403 g/mol. The number of nitrogens with one attached hydrogen (secondary N) is 1. The Hall–Kier alpha value is -3.41. The first kappa shape index (κ1) is 19.9. The van der Waals surface area contributed by atoms with E-state index in [1.165, 1.54) is 0 Å². The summed E-state index contributed by atoms with van der Waals surface area (Å²) in [7, 11) is 1.57. The van der Waals surface area contributed by atoms with Crippen LogP contribution in [0.25, 0.3) is 10.9 Å². The molecule has 154 valence electrons. The molecule has 1 aliphatic rings. The second kappa shape index (κ2) is 8.14. The van der Waals surface area contributed by atoms with E-state index < -0.39 is 0 Å². The molecule has 2 aromatic carbocycles. The Morgan fingerprint density at radius 2 is 2.00 bits per heavy atom. The zero-order chi connectivity index (χ0) is 21.3. The van der Waals surface area contributed by atoms with Crippen molar-refractivity contribution < 1.29 is 14.3 Å². The van der Waals surface area contributed by atoms with Gasteiger partial charge in [0.15, 0.2) is 0 Å². The number of carbonyl (C=O) groups is 2. The lowest BCUT2D eigenvalue weighted by molar-refractivity contribution is -0.117. The average molecular weight is 403 g/mol. The van der Waals surface area contributed by atoms with Gasteiger partial charge in [0.1, 0.15) is 5.75 Å². The largest absolute Gasteiger partial charge is 0.494 e. The molecule has 0 atom stereocenters. The molecule has 1 aromatic heterocycles. The molecule has 0 unspecified atom stereocenters. The van der Waals surface area contributed by atoms with Crippen molar-refractivity contribution in [3.63, 3.8) is 0 Å². The number of methoxy groups -OCH3 is 1. The topological polar surface area (TPSA) is 71.5 Å². The molecule has 0 saturated carbocycles. The number of anilines is 2. The molecule has 4 rings (SSSR count). The molecular weight excluding hydrogens is 378 g/mol. The van der Waals surface area contributed by atoms with Gasteiger partial charge in [0.05, 0.1) is 24.7 Å². The highest BCUT2D eigenvalue weighted by Crippen LogP contribution is 2.34. The minimum absolute atomic E-state index is 0.0971. The van der Waals surface area contributed by atoms with Crippen molar-refractivity contribution in [2.24, 2.45) is 0 Å². The van der Waals surface area contributed by atoms with Crippen molar-refractivity contribution in [2.45, 2.75) is 33.1 Å². The van der Waals surface area contributed by atoms with E-state index in [-0.39, 0.29) is 18.2 Å². The first-order chi connectivity index (χ1) is 14.5. The lowest BCUT2D eigenvalue weighted by Crippen LogP contribution is -2.24. The third-order valence-corrected chi connectivity index (χ3v) is 5.65. The van der Waals surface area contributed by atoms with Gasteiger partial charge in [-0.2, -0.15) is 0 Å². The van der Waals surface area contributed by atoms with Gasteiger partial charge in [-0.25, -0.2) is 0 Å². The predicted molar refractivity (Wildman–Crippen MR) is 118 cm³/mol. The minimum Gasteiger partial charge on any atom is -0.494 e. The number of aromatic nitrogens is 1. The number of aryl methyl sites for hydroxylation is 2. The highest BCUT2D eigenvalue weighted by Gasteiger charge is 2.24. The maximum Gasteiger partial charge on any atom is 0.228 e. The van der Waals surface area contributed by atoms with E-state index in [2.05, 4.69) is 10.3 Å². The minimum atomic E-state index is -0.120. The van der Waals surface area contributed by atoms with Crippen molar-refractivity contribution in [1.29, 1.82) is 0 Å². The second-order valence-corrected chi connectivity index (χ2v) is 7.58. The van der Waals surface area contributed by atoms with Gasteiger partial charge in [0, 0.05) is 35.8 Å². The highest BCUT2D eigenvalue weighted by atomic mass is 16.5. The number of para-hydroxylation sites is 1. The summed E-state index contributed by atoms with van der Waals surface area (Å²) in [6, 6.07) is 13.4. The van der Waals surface area contributed by atoms with Crippen molar-refractivity contribution in [3.05, 3.63) is 59.3 Å². The quantitative estimate of drug-likeness (QED) is 0.694. The fourth-order valence-electron chi connectivity index (χ4n) is 4.08. The van der Waals surface area contributed by atoms with Crippen LogP contribution < -0.4 is 15.0 Å². The van der Waals surface area contributed by atoms with Crippen LogP contribution >= 0.6 is 0 Å². The number of amides is 2. The molecule has 1 saturated heterocycles. The van der Waals surface area contributed by atoms with Crippen LogP contribution in [0.5, 0.6) is 5.75 Å². The molecule has 0 bridgehead atoms. The molecule has 0 aliphatic carbocycles. The maximum atomic E-state index is 12.8. The zero-order valence-electron chi connectivity index (χ0n) is 17.5. The lowest BCUT2D eigenvalue weighted by atomic mass is 9.99. The van der Waals surface area contributed by atoms with Gasteiger partial charge < -0.3 is 15.0 Å². The molecule has 3 aromatic rings. The van der Waals surface area contributed by atoms with Crippen LogP contribution in [0.3, 0.4) is 0 Å². The Balaban J connectivity index is 1.55. The maximum absolute atomic E-state index is 12.8. The number of fused-ring (bicyclic) bond motifs is 1. The predicted octanol–water partition coefficient (Wildman–Crippen LogP) is 4.17. The first-order valence-corrected chi connectivity index (χ1v) is 10.1. The Morgan fingerprint density at radius 1 is 1.20 bits per heavy atom. The number of hydrogen-bond donors (Lipinski definition) is 1. The van der Waals surface area contributed by atoms with Gasteiger partial charge in [0.2, 0.25) is 11.8 Å². The van der Waals surface area contributed by atoms with Crippen LogP contribution in [-0.4, -0.2) is 30.5 Å². The number of rotatable bonds is 5. The van der Waals surface area contributed by atoms with E-state index in [0.717, 1.165) is 39.8 Å². The molecule has 1 N–H and O–H groups in total. The van der Waals surface area contributed by atoms with E-state index in [4.69, 9.17) is 4.74 Å². The van der Waals surface area contributed by atoms with Crippen LogP contribution in [0.2, 0.25) is 0 Å². The SMILES string of the molecule is COc1cc(NC(=O)Cc2c(C)nc3ccccc3c2C)ccc1N1CCCC1=O. The van der Waals surface area contributed by atoms with Crippen molar-refractivity contribution in [2.75, 3.05) is 23.9 Å². The molecule has 1 fully saturated rings. The first-order valence-electron chi connectivity index (χ1n) is 10.1. The van der Waals surface area contributed by atoms with Gasteiger partial charge in [-0.1, -0.05) is 18.2 Å². The standard InChI is InChI=1S/C24H25N3O3/c1-15-18-7-4-5-8-20(18)25-16(2)19(15)14-23(28)26-17-10-11-21(22(13-17)30-3)27-12-6-9-24(27)29/h4-5,7-8,10-11,13H,6,9,12,14H2,1-3H3,(H,26,28). The molecule has 1 aliphatic heterocycles. The second-order valence-electron chi connectivity index (χ2n) is 7.58. The Bertz CT molecular complexity index is 1140. The summed E-state index contributed by atoms with van der Waals surface area (Å²) in [5, 5.41) is 4.01. The number of carbonyl (C=O) groups excluding carboxylic acids is 2. The number of benzene rings is 2. The van der Waals surface area contributed by atoms with Gasteiger partial charge in [-0.3, -0.25) is 14.6 Å². The van der Waals surface area contributed by atoms with Crippen LogP contribution in [0.1, 0.15) is 29.7 Å². The van der Waals surface area contributed by atoms with E-state index in [9.17, 15) is 9.59 Å². The fraction of sp³-hybridized carbons (Fsp3) is 0.292. The summed E-state index contributed by atoms with van der Waals surface area (Å²) in [6.45, 7) is 4.66. The van der Waals surface area contributed by atoms with Crippen LogP contribution in [-0.2, 0) is 16.0 Å². The van der Waals surface area contributed by atoms with E-state index >= 15 is 0 Å². The third-order valence-electron chi connectivity index (χ3n) is 5.65. The van der Waals surface area contributed by atoms with Crippen molar-refractivity contribution in [3.8, 4) is 5.75 Å². The van der Waals surface area contributed by atoms with E-state index in [1.807, 2.05) is 44.2 Å². The molecule has 6 heteroatoms. The Labute approximate surface area is 175 Å². The summed E-state index contributed by atoms with van der Waals surface area (Å²) in [4.78, 5) is 31.2. The average Bonchev–Trinajstić information content (AvgIpc) is 3.16. The normalized spacial score (nSPS) is 13.7. The van der Waals surface area contributed by atoms with Crippen LogP contribution in [0.15, 0.2) is 42.5 Å². The molecule has 0 spiro atoms. The van der Waals surface area contributed by atoms with Gasteiger partial charge in [0.25, 0.3) is 0 Å². The fourth-order valence-corrected chi connectivity index (χ4v) is 4.08. The number of pyridine rings is 1. The molecule has 2 heterocycles. The molecule has 0 radical (unpaired) electrons. The molecule has 30 heavy (non-hydrogen) atoms. The molecule has 2 amide bonds. The zero-order valence-corrected chi connectivity index (χ0v) is 17.5. The lowest BCUT2D eigenvalue weighted by Gasteiger charge is -2.20. The summed E-state index contributed by atoms with van der Waals surface area (Å²) in [5.74, 6) is 0.549. The Morgan fingerprint density at radius 3 is 2.73 bits per heavy atom. The highest BCUT2D eigenvalue weighted by molar-refractivity contribution is 5.98. The number of ether oxygens (including phenoxy) is 1. The summed E-state index contributed by atoms with van der Waals surface area (Å²) >= 11 is 0. The van der Waals surface area contributed by atoms with Crippen LogP contribution in [0, 0.1) is 13.8 Å². The molecule has 6 nitrogen and oxygen atoms in total. The van der Waals surface area contributed by atoms with Gasteiger partial charge >= 0.3 is 0 Å².